The predicted molar refractivity (Wildman–Crippen MR) is 87.7 cm³/mol. The Bertz CT molecular complexity index is 661. The van der Waals surface area contributed by atoms with Gasteiger partial charge in [0.05, 0.1) is 5.52 Å². The first-order chi connectivity index (χ1) is 10.2. The second kappa shape index (κ2) is 4.99. The maximum absolute atomic E-state index is 4.63. The van der Waals surface area contributed by atoms with E-state index in [1.54, 1.807) is 0 Å². The van der Waals surface area contributed by atoms with E-state index < -0.39 is 0 Å². The molecule has 21 heavy (non-hydrogen) atoms. The number of benzene rings is 1. The molecular weight excluding hydrogens is 258 g/mol. The second-order valence-electron chi connectivity index (χ2n) is 6.72. The lowest BCUT2D eigenvalue weighted by Gasteiger charge is -2.48. The first-order valence-corrected chi connectivity index (χ1v) is 8.12. The zero-order valence-corrected chi connectivity index (χ0v) is 12.7. The van der Waals surface area contributed by atoms with E-state index in [4.69, 9.17) is 0 Å². The van der Waals surface area contributed by atoms with Gasteiger partial charge in [-0.25, -0.2) is 0 Å². The Balaban J connectivity index is 1.62. The molecule has 0 radical (unpaired) electrons. The van der Waals surface area contributed by atoms with Crippen molar-refractivity contribution in [2.75, 3.05) is 11.9 Å². The fourth-order valence-corrected chi connectivity index (χ4v) is 3.91. The number of hydrogen-bond donors (Lipinski definition) is 2. The molecule has 1 unspecified atom stereocenters. The van der Waals surface area contributed by atoms with Gasteiger partial charge in [-0.05, 0) is 57.7 Å². The molecule has 0 amide bonds. The van der Waals surface area contributed by atoms with Crippen molar-refractivity contribution >= 4 is 16.6 Å². The molecule has 2 N–H and O–H groups in total. The van der Waals surface area contributed by atoms with Crippen LogP contribution in [0.25, 0.3) is 10.9 Å². The fourth-order valence-electron chi connectivity index (χ4n) is 3.91. The lowest BCUT2D eigenvalue weighted by Crippen LogP contribution is -2.58. The summed E-state index contributed by atoms with van der Waals surface area (Å²) in [6.45, 7) is 3.22. The molecule has 1 saturated heterocycles. The van der Waals surface area contributed by atoms with Gasteiger partial charge in [-0.3, -0.25) is 4.98 Å². The average molecular weight is 281 g/mol. The summed E-state index contributed by atoms with van der Waals surface area (Å²) in [6.07, 6.45) is 6.54. The first-order valence-electron chi connectivity index (χ1n) is 8.12. The van der Waals surface area contributed by atoms with Crippen molar-refractivity contribution in [3.8, 4) is 0 Å². The molecule has 110 valence electrons. The van der Waals surface area contributed by atoms with E-state index in [9.17, 15) is 0 Å². The van der Waals surface area contributed by atoms with Crippen molar-refractivity contribution in [1.82, 2.24) is 10.3 Å². The third kappa shape index (κ3) is 2.40. The number of aromatic nitrogens is 1. The molecule has 1 aliphatic carbocycles. The molecule has 2 heterocycles. The summed E-state index contributed by atoms with van der Waals surface area (Å²) in [5.41, 5.74) is 3.86. The quantitative estimate of drug-likeness (QED) is 0.882. The van der Waals surface area contributed by atoms with Crippen LogP contribution in [0.1, 0.15) is 37.8 Å². The average Bonchev–Trinajstić information content (AvgIpc) is 2.46. The smallest absolute Gasteiger partial charge is 0.0725 e. The first kappa shape index (κ1) is 13.1. The maximum atomic E-state index is 4.63. The van der Waals surface area contributed by atoms with Crippen LogP contribution in [-0.4, -0.2) is 23.1 Å². The van der Waals surface area contributed by atoms with E-state index in [1.165, 1.54) is 43.2 Å². The van der Waals surface area contributed by atoms with Gasteiger partial charge in [-0.1, -0.05) is 18.2 Å². The number of piperidine rings is 1. The van der Waals surface area contributed by atoms with Gasteiger partial charge in [0.2, 0.25) is 0 Å². The summed E-state index contributed by atoms with van der Waals surface area (Å²) in [5, 5.41) is 8.79. The highest BCUT2D eigenvalue weighted by atomic mass is 15.1. The zero-order chi connectivity index (χ0) is 14.3. The Labute approximate surface area is 126 Å². The Kier molecular flexibility index (Phi) is 3.11. The largest absolute Gasteiger partial charge is 0.382 e. The van der Waals surface area contributed by atoms with Crippen LogP contribution in [0, 0.1) is 6.92 Å². The molecule has 1 aromatic heterocycles. The minimum Gasteiger partial charge on any atom is -0.382 e. The van der Waals surface area contributed by atoms with Gasteiger partial charge in [0.25, 0.3) is 0 Å². The van der Waals surface area contributed by atoms with Crippen LogP contribution in [0.3, 0.4) is 0 Å². The number of para-hydroxylation sites is 1. The van der Waals surface area contributed by atoms with Crippen molar-refractivity contribution in [3.63, 3.8) is 0 Å². The molecule has 1 aliphatic heterocycles. The third-order valence-electron chi connectivity index (χ3n) is 5.14. The molecule has 1 saturated carbocycles. The molecule has 0 bridgehead atoms. The highest BCUT2D eigenvalue weighted by Crippen LogP contribution is 2.39. The predicted octanol–water partition coefficient (Wildman–Crippen LogP) is 3.63. The van der Waals surface area contributed by atoms with Gasteiger partial charge < -0.3 is 10.6 Å². The van der Waals surface area contributed by atoms with E-state index in [0.29, 0.717) is 11.6 Å². The Hall–Kier alpha value is -1.61. The Morgan fingerprint density at radius 2 is 2.14 bits per heavy atom. The molecule has 2 aliphatic rings. The molecule has 1 aromatic carbocycles. The van der Waals surface area contributed by atoms with Gasteiger partial charge in [0.15, 0.2) is 0 Å². The summed E-state index contributed by atoms with van der Waals surface area (Å²) in [5.74, 6) is 0. The van der Waals surface area contributed by atoms with Crippen LogP contribution in [0.5, 0.6) is 0 Å². The van der Waals surface area contributed by atoms with E-state index in [2.05, 4.69) is 52.9 Å². The van der Waals surface area contributed by atoms with Gasteiger partial charge in [-0.2, -0.15) is 0 Å². The van der Waals surface area contributed by atoms with Crippen LogP contribution >= 0.6 is 0 Å². The normalized spacial score (nSPS) is 24.0. The number of nitrogens with zero attached hydrogens (tertiary/aromatic N) is 1. The number of anilines is 1. The summed E-state index contributed by atoms with van der Waals surface area (Å²) >= 11 is 0. The van der Waals surface area contributed by atoms with Crippen LogP contribution in [0.4, 0.5) is 5.69 Å². The van der Waals surface area contributed by atoms with Crippen LogP contribution in [0.2, 0.25) is 0 Å². The van der Waals surface area contributed by atoms with Crippen molar-refractivity contribution in [1.29, 1.82) is 0 Å². The van der Waals surface area contributed by atoms with Crippen molar-refractivity contribution in [3.05, 3.63) is 36.0 Å². The molecular formula is C18H23N3. The lowest BCUT2D eigenvalue weighted by molar-refractivity contribution is 0.135. The van der Waals surface area contributed by atoms with E-state index in [1.807, 2.05) is 0 Å². The fraction of sp³-hybridized carbons (Fsp3) is 0.500. The van der Waals surface area contributed by atoms with Crippen molar-refractivity contribution < 1.29 is 0 Å². The van der Waals surface area contributed by atoms with Crippen LogP contribution in [-0.2, 0) is 0 Å². The number of fused-ring (bicyclic) bond motifs is 1. The summed E-state index contributed by atoms with van der Waals surface area (Å²) in [7, 11) is 0. The number of rotatable bonds is 2. The molecule has 2 fully saturated rings. The van der Waals surface area contributed by atoms with Crippen molar-refractivity contribution in [2.24, 2.45) is 0 Å². The van der Waals surface area contributed by atoms with Gasteiger partial charge in [0.1, 0.15) is 0 Å². The minimum absolute atomic E-state index is 0.438. The van der Waals surface area contributed by atoms with Crippen LogP contribution < -0.4 is 10.6 Å². The lowest BCUT2D eigenvalue weighted by atomic mass is 9.70. The molecule has 2 aromatic rings. The molecule has 4 rings (SSSR count). The highest BCUT2D eigenvalue weighted by molar-refractivity contribution is 5.91. The topological polar surface area (TPSA) is 37.0 Å². The summed E-state index contributed by atoms with van der Waals surface area (Å²) in [6, 6.07) is 11.2. The number of aryl methyl sites for hydroxylation is 1. The maximum Gasteiger partial charge on any atom is 0.0725 e. The number of pyridine rings is 1. The summed E-state index contributed by atoms with van der Waals surface area (Å²) < 4.78 is 0. The molecule has 3 nitrogen and oxygen atoms in total. The molecule has 1 spiro atoms. The SMILES string of the molecule is Cc1cc(NC2CCNC3(CCC3)C2)c2ccccc2n1. The highest BCUT2D eigenvalue weighted by Gasteiger charge is 2.40. The van der Waals surface area contributed by atoms with E-state index in [0.717, 1.165) is 17.8 Å². The van der Waals surface area contributed by atoms with Gasteiger partial charge in [0, 0.05) is 28.3 Å². The third-order valence-corrected chi connectivity index (χ3v) is 5.14. The minimum atomic E-state index is 0.438. The second-order valence-corrected chi connectivity index (χ2v) is 6.72. The van der Waals surface area contributed by atoms with Crippen molar-refractivity contribution in [2.45, 2.75) is 50.6 Å². The monoisotopic (exact) mass is 281 g/mol. The van der Waals surface area contributed by atoms with E-state index in [-0.39, 0.29) is 0 Å². The standard InChI is InChI=1S/C18H23N3/c1-13-11-17(15-5-2-3-6-16(15)20-13)21-14-7-10-19-18(12-14)8-4-9-18/h2-3,5-6,11,14,19H,4,7-10,12H2,1H3,(H,20,21). The Morgan fingerprint density at radius 3 is 2.95 bits per heavy atom. The Morgan fingerprint density at radius 1 is 1.29 bits per heavy atom. The van der Waals surface area contributed by atoms with Gasteiger partial charge >= 0.3 is 0 Å². The van der Waals surface area contributed by atoms with Crippen LogP contribution in [0.15, 0.2) is 30.3 Å². The number of nitrogens with one attached hydrogen (secondary N) is 2. The van der Waals surface area contributed by atoms with E-state index >= 15 is 0 Å². The molecule has 3 heteroatoms. The molecule has 1 atom stereocenters. The summed E-state index contributed by atoms with van der Waals surface area (Å²) in [4.78, 5) is 4.63. The zero-order valence-electron chi connectivity index (χ0n) is 12.7. The number of hydrogen-bond acceptors (Lipinski definition) is 3. The van der Waals surface area contributed by atoms with Gasteiger partial charge in [-0.15, -0.1) is 0 Å².